The van der Waals surface area contributed by atoms with Crippen LogP contribution in [0, 0.1) is 0 Å². The Morgan fingerprint density at radius 1 is 1.10 bits per heavy atom. The van der Waals surface area contributed by atoms with Gasteiger partial charge in [-0.1, -0.05) is 0 Å². The predicted molar refractivity (Wildman–Crippen MR) is 105 cm³/mol. The number of rotatable bonds is 3. The molecule has 164 valence electrons. The predicted octanol–water partition coefficient (Wildman–Crippen LogP) is 1.01. The molecule has 0 aliphatic carbocycles. The second-order valence-electron chi connectivity index (χ2n) is 7.73. The van der Waals surface area contributed by atoms with Crippen LogP contribution in [0.25, 0.3) is 17.2 Å². The molecule has 0 saturated carbocycles. The summed E-state index contributed by atoms with van der Waals surface area (Å²) in [5.41, 5.74) is -0.350. The molecule has 2 fully saturated rings. The molecule has 0 aromatic carbocycles. The summed E-state index contributed by atoms with van der Waals surface area (Å²) in [6, 6.07) is 2.11. The standard InChI is InChI=1S/C19H21F3N8O/c20-19(21,22)14-10-30-13(7-26-16(30)8-25-14)18-24-3-1-15(27-18)29-5-2-12(9-29)28-6-4-23-17(31)11-28/h1,3,7-8,10,12,17,23,31H,2,4-6,9,11H2. The van der Waals surface area contributed by atoms with Crippen molar-refractivity contribution in [2.75, 3.05) is 37.6 Å². The van der Waals surface area contributed by atoms with E-state index in [1.54, 1.807) is 12.3 Å². The zero-order chi connectivity index (χ0) is 21.6. The van der Waals surface area contributed by atoms with E-state index in [0.29, 0.717) is 29.9 Å². The van der Waals surface area contributed by atoms with E-state index in [2.05, 4.69) is 35.1 Å². The molecule has 9 nitrogen and oxygen atoms in total. The summed E-state index contributed by atoms with van der Waals surface area (Å²) in [5, 5.41) is 12.9. The summed E-state index contributed by atoms with van der Waals surface area (Å²) in [6.07, 6.45) is 0.928. The normalized spacial score (nSPS) is 23.0. The third kappa shape index (κ3) is 3.93. The topological polar surface area (TPSA) is 94.7 Å². The number of aliphatic hydroxyl groups excluding tert-OH is 1. The lowest BCUT2D eigenvalue weighted by Gasteiger charge is -2.35. The van der Waals surface area contributed by atoms with Crippen molar-refractivity contribution in [2.45, 2.75) is 24.9 Å². The molecular weight excluding hydrogens is 413 g/mol. The minimum Gasteiger partial charge on any atom is -0.377 e. The number of halogens is 3. The number of alkyl halides is 3. The van der Waals surface area contributed by atoms with E-state index in [-0.39, 0.29) is 5.65 Å². The second-order valence-corrected chi connectivity index (χ2v) is 7.73. The number of imidazole rings is 1. The highest BCUT2D eigenvalue weighted by Gasteiger charge is 2.34. The van der Waals surface area contributed by atoms with Crippen molar-refractivity contribution in [2.24, 2.45) is 0 Å². The number of fused-ring (bicyclic) bond motifs is 1. The zero-order valence-electron chi connectivity index (χ0n) is 16.5. The van der Waals surface area contributed by atoms with Crippen LogP contribution < -0.4 is 10.2 Å². The van der Waals surface area contributed by atoms with Crippen molar-refractivity contribution in [1.29, 1.82) is 0 Å². The molecule has 0 amide bonds. The Morgan fingerprint density at radius 2 is 1.97 bits per heavy atom. The largest absolute Gasteiger partial charge is 0.434 e. The van der Waals surface area contributed by atoms with Crippen molar-refractivity contribution in [3.05, 3.63) is 36.5 Å². The molecule has 0 spiro atoms. The third-order valence-electron chi connectivity index (χ3n) is 5.75. The number of aliphatic hydroxyl groups is 1. The molecule has 31 heavy (non-hydrogen) atoms. The monoisotopic (exact) mass is 434 g/mol. The maximum atomic E-state index is 13.1. The highest BCUT2D eigenvalue weighted by molar-refractivity contribution is 5.58. The summed E-state index contributed by atoms with van der Waals surface area (Å²) >= 11 is 0. The SMILES string of the molecule is OC1CN(C2CCN(c3ccnc(-c4cnc5cnc(C(F)(F)F)cn45)n3)C2)CCN1. The summed E-state index contributed by atoms with van der Waals surface area (Å²) < 4.78 is 40.6. The zero-order valence-corrected chi connectivity index (χ0v) is 16.5. The first-order valence-corrected chi connectivity index (χ1v) is 10.0. The Morgan fingerprint density at radius 3 is 2.77 bits per heavy atom. The fourth-order valence-corrected chi connectivity index (χ4v) is 4.18. The van der Waals surface area contributed by atoms with Gasteiger partial charge in [0.25, 0.3) is 0 Å². The van der Waals surface area contributed by atoms with Gasteiger partial charge in [-0.05, 0) is 12.5 Å². The molecule has 5 rings (SSSR count). The molecule has 2 saturated heterocycles. The van der Waals surface area contributed by atoms with Crippen LogP contribution in [0.1, 0.15) is 12.1 Å². The van der Waals surface area contributed by atoms with Crippen molar-refractivity contribution < 1.29 is 18.3 Å². The van der Waals surface area contributed by atoms with E-state index < -0.39 is 18.1 Å². The van der Waals surface area contributed by atoms with E-state index in [0.717, 1.165) is 45.0 Å². The van der Waals surface area contributed by atoms with E-state index in [1.165, 1.54) is 10.6 Å². The number of hydrogen-bond acceptors (Lipinski definition) is 8. The lowest BCUT2D eigenvalue weighted by atomic mass is 10.2. The van der Waals surface area contributed by atoms with Crippen molar-refractivity contribution in [3.8, 4) is 11.5 Å². The Balaban J connectivity index is 1.40. The van der Waals surface area contributed by atoms with Gasteiger partial charge in [-0.2, -0.15) is 13.2 Å². The van der Waals surface area contributed by atoms with Gasteiger partial charge >= 0.3 is 6.18 Å². The average Bonchev–Trinajstić information content (AvgIpc) is 3.40. The lowest BCUT2D eigenvalue weighted by Crippen LogP contribution is -2.54. The van der Waals surface area contributed by atoms with Gasteiger partial charge in [0.15, 0.2) is 17.2 Å². The minimum atomic E-state index is -4.56. The second kappa shape index (κ2) is 7.70. The summed E-state index contributed by atoms with van der Waals surface area (Å²) in [5.74, 6) is 1.01. The van der Waals surface area contributed by atoms with Crippen molar-refractivity contribution >= 4 is 11.5 Å². The maximum absolute atomic E-state index is 13.1. The number of nitrogens with one attached hydrogen (secondary N) is 1. The number of nitrogens with zero attached hydrogens (tertiary/aromatic N) is 7. The van der Waals surface area contributed by atoms with Crippen LogP contribution in [-0.2, 0) is 6.18 Å². The Labute approximate surface area is 175 Å². The van der Waals surface area contributed by atoms with Crippen LogP contribution >= 0.6 is 0 Å². The number of β-amino-alcohol motifs (C(OH)–C–C–N with tert-alkyl or cyclic N) is 1. The van der Waals surface area contributed by atoms with Gasteiger partial charge in [0, 0.05) is 51.2 Å². The van der Waals surface area contributed by atoms with E-state index >= 15 is 0 Å². The van der Waals surface area contributed by atoms with Crippen LogP contribution in [-0.4, -0.2) is 79.3 Å². The van der Waals surface area contributed by atoms with Gasteiger partial charge in [0.1, 0.15) is 17.7 Å². The highest BCUT2D eigenvalue weighted by Crippen LogP contribution is 2.29. The van der Waals surface area contributed by atoms with Crippen LogP contribution in [0.3, 0.4) is 0 Å². The third-order valence-corrected chi connectivity index (χ3v) is 5.75. The van der Waals surface area contributed by atoms with Crippen LogP contribution in [0.5, 0.6) is 0 Å². The number of hydrogen-bond donors (Lipinski definition) is 2. The lowest BCUT2D eigenvalue weighted by molar-refractivity contribution is -0.141. The molecule has 0 bridgehead atoms. The summed E-state index contributed by atoms with van der Waals surface area (Å²) in [4.78, 5) is 20.8. The van der Waals surface area contributed by atoms with E-state index in [9.17, 15) is 18.3 Å². The molecule has 2 aliphatic rings. The average molecular weight is 434 g/mol. The molecule has 3 aromatic rings. The van der Waals surface area contributed by atoms with Gasteiger partial charge in [0.2, 0.25) is 0 Å². The fourth-order valence-electron chi connectivity index (χ4n) is 4.18. The van der Waals surface area contributed by atoms with Gasteiger partial charge < -0.3 is 10.0 Å². The maximum Gasteiger partial charge on any atom is 0.434 e. The van der Waals surface area contributed by atoms with Gasteiger partial charge in [-0.3, -0.25) is 14.6 Å². The van der Waals surface area contributed by atoms with Gasteiger partial charge in [0.05, 0.1) is 12.4 Å². The molecule has 12 heteroatoms. The first kappa shape index (κ1) is 20.1. The smallest absolute Gasteiger partial charge is 0.377 e. The molecular formula is C19H21F3N8O. The molecule has 2 unspecified atom stereocenters. The number of aromatic nitrogens is 5. The van der Waals surface area contributed by atoms with E-state index in [1.807, 2.05) is 0 Å². The minimum absolute atomic E-state index is 0.288. The van der Waals surface area contributed by atoms with E-state index in [4.69, 9.17) is 0 Å². The van der Waals surface area contributed by atoms with Crippen LogP contribution in [0.15, 0.2) is 30.9 Å². The van der Waals surface area contributed by atoms with Gasteiger partial charge in [-0.15, -0.1) is 0 Å². The molecule has 2 N–H and O–H groups in total. The molecule has 3 aromatic heterocycles. The first-order chi connectivity index (χ1) is 14.9. The fraction of sp³-hybridized carbons (Fsp3) is 0.474. The summed E-state index contributed by atoms with van der Waals surface area (Å²) in [6.45, 7) is 3.78. The quantitative estimate of drug-likeness (QED) is 0.631. The number of piperazine rings is 1. The Bertz CT molecular complexity index is 1090. The van der Waals surface area contributed by atoms with Crippen LogP contribution in [0.4, 0.5) is 19.0 Å². The van der Waals surface area contributed by atoms with Crippen molar-refractivity contribution in [1.82, 2.24) is 34.6 Å². The summed E-state index contributed by atoms with van der Waals surface area (Å²) in [7, 11) is 0. The molecule has 2 aliphatic heterocycles. The number of anilines is 1. The van der Waals surface area contributed by atoms with Gasteiger partial charge in [-0.25, -0.2) is 19.9 Å². The molecule has 0 radical (unpaired) electrons. The Hall–Kier alpha value is -2.83. The van der Waals surface area contributed by atoms with Crippen LogP contribution in [0.2, 0.25) is 0 Å². The molecule has 5 heterocycles. The van der Waals surface area contributed by atoms with Crippen molar-refractivity contribution in [3.63, 3.8) is 0 Å². The Kier molecular flexibility index (Phi) is 4.99. The highest BCUT2D eigenvalue weighted by atomic mass is 19.4. The molecule has 2 atom stereocenters. The first-order valence-electron chi connectivity index (χ1n) is 10.0.